The third-order valence-corrected chi connectivity index (χ3v) is 5.96. The summed E-state index contributed by atoms with van der Waals surface area (Å²) in [4.78, 5) is 39.0. The molecule has 0 aliphatic carbocycles. The Morgan fingerprint density at radius 1 is 1.12 bits per heavy atom. The molecule has 2 aliphatic rings. The Morgan fingerprint density at radius 2 is 1.88 bits per heavy atom. The van der Waals surface area contributed by atoms with E-state index in [0.29, 0.717) is 22.7 Å². The molecular weight excluding hydrogens is 428 g/mol. The molecule has 0 aromatic heterocycles. The van der Waals surface area contributed by atoms with Crippen molar-refractivity contribution in [2.45, 2.75) is 31.8 Å². The number of esters is 1. The monoisotopic (exact) mass is 454 g/mol. The number of amides is 1. The van der Waals surface area contributed by atoms with E-state index in [2.05, 4.69) is 10.2 Å². The first-order valence-electron chi connectivity index (χ1n) is 10.8. The van der Waals surface area contributed by atoms with Gasteiger partial charge in [0, 0.05) is 24.3 Å². The van der Waals surface area contributed by atoms with Crippen molar-refractivity contribution < 1.29 is 33.7 Å². The van der Waals surface area contributed by atoms with Gasteiger partial charge in [0.25, 0.3) is 0 Å². The van der Waals surface area contributed by atoms with E-state index in [0.717, 1.165) is 32.4 Å². The number of cyclic esters (lactones) is 1. The molecule has 9 heteroatoms. The van der Waals surface area contributed by atoms with E-state index in [1.807, 2.05) is 0 Å². The number of carbonyl (C=O) groups is 3. The lowest BCUT2D eigenvalue weighted by molar-refractivity contribution is -0.118. The predicted octanol–water partition coefficient (Wildman–Crippen LogP) is 3.63. The summed E-state index contributed by atoms with van der Waals surface area (Å²) < 4.78 is 15.9. The molecule has 2 heterocycles. The highest BCUT2D eigenvalue weighted by atomic mass is 16.6. The first-order chi connectivity index (χ1) is 15.9. The van der Waals surface area contributed by atoms with Crippen molar-refractivity contribution in [2.75, 3.05) is 37.5 Å². The summed E-state index contributed by atoms with van der Waals surface area (Å²) in [6.45, 7) is 1.62. The fraction of sp³-hybridized carbons (Fsp3) is 0.375. The second-order valence-corrected chi connectivity index (χ2v) is 8.00. The van der Waals surface area contributed by atoms with E-state index in [-0.39, 0.29) is 23.3 Å². The summed E-state index contributed by atoms with van der Waals surface area (Å²) in [5, 5.41) is 12.4. The number of anilines is 2. The van der Waals surface area contributed by atoms with Crippen LogP contribution in [0.3, 0.4) is 0 Å². The molecule has 0 saturated carbocycles. The van der Waals surface area contributed by atoms with Crippen LogP contribution in [-0.4, -0.2) is 50.3 Å². The molecule has 1 unspecified atom stereocenters. The molecule has 1 saturated heterocycles. The van der Waals surface area contributed by atoms with Gasteiger partial charge < -0.3 is 29.5 Å². The number of rotatable bonds is 7. The van der Waals surface area contributed by atoms with Crippen LogP contribution in [0.15, 0.2) is 30.3 Å². The molecule has 0 radical (unpaired) electrons. The van der Waals surface area contributed by atoms with Gasteiger partial charge in [0.1, 0.15) is 11.7 Å². The van der Waals surface area contributed by atoms with E-state index in [4.69, 9.17) is 14.2 Å². The first-order valence-corrected chi connectivity index (χ1v) is 10.8. The Morgan fingerprint density at radius 3 is 2.55 bits per heavy atom. The Bertz CT molecular complexity index is 1090. The largest absolute Gasteiger partial charge is 0.493 e. The first kappa shape index (κ1) is 22.4. The van der Waals surface area contributed by atoms with Gasteiger partial charge in [0.2, 0.25) is 5.91 Å². The topological polar surface area (TPSA) is 114 Å². The van der Waals surface area contributed by atoms with Gasteiger partial charge in [0.15, 0.2) is 11.5 Å². The minimum Gasteiger partial charge on any atom is -0.493 e. The molecule has 1 fully saturated rings. The van der Waals surface area contributed by atoms with Crippen LogP contribution in [0.4, 0.5) is 11.4 Å². The number of nitrogens with one attached hydrogen (secondary N) is 1. The Hall–Kier alpha value is -3.75. The number of fused-ring (bicyclic) bond motifs is 1. The number of hydrogen-bond acceptors (Lipinski definition) is 7. The number of ether oxygens (including phenoxy) is 3. The van der Waals surface area contributed by atoms with Crippen LogP contribution < -0.4 is 19.7 Å². The second-order valence-electron chi connectivity index (χ2n) is 8.00. The van der Waals surface area contributed by atoms with Crippen LogP contribution >= 0.6 is 0 Å². The molecular formula is C24H26N2O7. The highest BCUT2D eigenvalue weighted by Crippen LogP contribution is 2.43. The number of nitrogens with zero attached hydrogens (tertiary/aromatic N) is 1. The number of methoxy groups -OCH3 is 2. The van der Waals surface area contributed by atoms with Gasteiger partial charge in [-0.3, -0.25) is 4.79 Å². The summed E-state index contributed by atoms with van der Waals surface area (Å²) in [6, 6.07) is 8.22. The molecule has 2 N–H and O–H groups in total. The van der Waals surface area contributed by atoms with E-state index >= 15 is 0 Å². The summed E-state index contributed by atoms with van der Waals surface area (Å²) in [5.74, 6) is -1.38. The van der Waals surface area contributed by atoms with Gasteiger partial charge >= 0.3 is 11.9 Å². The zero-order valence-corrected chi connectivity index (χ0v) is 18.6. The highest BCUT2D eigenvalue weighted by molar-refractivity contribution is 6.00. The lowest BCUT2D eigenvalue weighted by Gasteiger charge is -2.30. The normalized spacial score (nSPS) is 17.2. The number of carboxylic acids is 1. The third-order valence-electron chi connectivity index (χ3n) is 5.96. The van der Waals surface area contributed by atoms with Gasteiger partial charge in [-0.2, -0.15) is 0 Å². The van der Waals surface area contributed by atoms with Crippen LogP contribution in [0.1, 0.15) is 58.1 Å². The standard InChI is InChI=1S/C24H26N2O7/c1-31-18-9-7-15-19(33-24(30)21(15)22(18)32-2)13-20(27)25-14-6-8-17(16(12-14)23(28)29)26-10-4-3-5-11-26/h6-9,12,19H,3-5,10-11,13H2,1-2H3,(H,25,27)(H,28,29). The fourth-order valence-corrected chi connectivity index (χ4v) is 4.40. The molecule has 4 rings (SSSR count). The highest BCUT2D eigenvalue weighted by Gasteiger charge is 2.37. The smallest absolute Gasteiger partial charge is 0.343 e. The summed E-state index contributed by atoms with van der Waals surface area (Å²) in [5.41, 5.74) is 1.95. The molecule has 2 aliphatic heterocycles. The van der Waals surface area contributed by atoms with Crippen molar-refractivity contribution in [1.82, 2.24) is 0 Å². The Kier molecular flexibility index (Phi) is 6.39. The van der Waals surface area contributed by atoms with Crippen molar-refractivity contribution in [3.8, 4) is 11.5 Å². The Balaban J connectivity index is 1.50. The average molecular weight is 454 g/mol. The molecule has 9 nitrogen and oxygen atoms in total. The molecule has 0 bridgehead atoms. The lowest BCUT2D eigenvalue weighted by Crippen LogP contribution is -2.30. The van der Waals surface area contributed by atoms with Gasteiger partial charge in [0.05, 0.1) is 31.9 Å². The Labute approximate surface area is 191 Å². The van der Waals surface area contributed by atoms with E-state index in [1.165, 1.54) is 20.3 Å². The van der Waals surface area contributed by atoms with Crippen molar-refractivity contribution in [3.05, 3.63) is 47.0 Å². The van der Waals surface area contributed by atoms with Gasteiger partial charge in [-0.25, -0.2) is 9.59 Å². The SMILES string of the molecule is COc1ccc2c(c1OC)C(=O)OC2CC(=O)Nc1ccc(N2CCCCC2)c(C(=O)O)c1. The molecule has 1 atom stereocenters. The van der Waals surface area contributed by atoms with Crippen molar-refractivity contribution >= 4 is 29.2 Å². The average Bonchev–Trinajstić information content (AvgIpc) is 3.13. The maximum atomic E-state index is 12.7. The zero-order chi connectivity index (χ0) is 23.5. The van der Waals surface area contributed by atoms with Gasteiger partial charge in [-0.1, -0.05) is 6.07 Å². The lowest BCUT2D eigenvalue weighted by atomic mass is 10.0. The van der Waals surface area contributed by atoms with Crippen molar-refractivity contribution in [2.24, 2.45) is 0 Å². The van der Waals surface area contributed by atoms with E-state index < -0.39 is 23.9 Å². The van der Waals surface area contributed by atoms with Crippen LogP contribution in [0.25, 0.3) is 0 Å². The zero-order valence-electron chi connectivity index (χ0n) is 18.6. The molecule has 174 valence electrons. The molecule has 0 spiro atoms. The number of carbonyl (C=O) groups excluding carboxylic acids is 2. The predicted molar refractivity (Wildman–Crippen MR) is 120 cm³/mol. The van der Waals surface area contributed by atoms with Crippen LogP contribution in [0.5, 0.6) is 11.5 Å². The van der Waals surface area contributed by atoms with Crippen molar-refractivity contribution in [3.63, 3.8) is 0 Å². The summed E-state index contributed by atoms with van der Waals surface area (Å²) >= 11 is 0. The number of piperidine rings is 1. The fourth-order valence-electron chi connectivity index (χ4n) is 4.40. The maximum absolute atomic E-state index is 12.7. The maximum Gasteiger partial charge on any atom is 0.343 e. The van der Waals surface area contributed by atoms with Crippen LogP contribution in [0.2, 0.25) is 0 Å². The molecule has 33 heavy (non-hydrogen) atoms. The minimum absolute atomic E-state index is 0.121. The van der Waals surface area contributed by atoms with Crippen LogP contribution in [-0.2, 0) is 9.53 Å². The number of carboxylic acid groups (broad SMARTS) is 1. The van der Waals surface area contributed by atoms with Gasteiger partial charge in [-0.15, -0.1) is 0 Å². The van der Waals surface area contributed by atoms with Crippen LogP contribution in [0, 0.1) is 0 Å². The van der Waals surface area contributed by atoms with E-state index in [1.54, 1.807) is 24.3 Å². The number of hydrogen-bond donors (Lipinski definition) is 2. The quantitative estimate of drug-likeness (QED) is 0.610. The minimum atomic E-state index is -1.05. The number of aromatic carboxylic acids is 1. The molecule has 2 aromatic carbocycles. The molecule has 1 amide bonds. The van der Waals surface area contributed by atoms with Gasteiger partial charge in [-0.05, 0) is 43.5 Å². The molecule has 2 aromatic rings. The third kappa shape index (κ3) is 4.44. The summed E-state index contributed by atoms with van der Waals surface area (Å²) in [7, 11) is 2.90. The number of benzene rings is 2. The summed E-state index contributed by atoms with van der Waals surface area (Å²) in [6.07, 6.45) is 2.29. The van der Waals surface area contributed by atoms with Crippen molar-refractivity contribution in [1.29, 1.82) is 0 Å². The second kappa shape index (κ2) is 9.40. The van der Waals surface area contributed by atoms with E-state index in [9.17, 15) is 19.5 Å².